The number of rotatable bonds is 5. The summed E-state index contributed by atoms with van der Waals surface area (Å²) in [5, 5.41) is 2.75. The topological polar surface area (TPSA) is 64.1 Å². The Labute approximate surface area is 140 Å². The van der Waals surface area contributed by atoms with Crippen LogP contribution in [0.2, 0.25) is 0 Å². The van der Waals surface area contributed by atoms with Gasteiger partial charge in [-0.25, -0.2) is 9.97 Å². The van der Waals surface area contributed by atoms with Crippen LogP contribution >= 0.6 is 0 Å². The molecule has 2 heterocycles. The summed E-state index contributed by atoms with van der Waals surface area (Å²) in [6.45, 7) is 2.31. The molecule has 1 aromatic carbocycles. The summed E-state index contributed by atoms with van der Waals surface area (Å²) < 4.78 is 5.61. The summed E-state index contributed by atoms with van der Waals surface area (Å²) in [5.74, 6) is 0.740. The lowest BCUT2D eigenvalue weighted by Gasteiger charge is -2.07. The molecular weight excluding hydrogens is 302 g/mol. The van der Waals surface area contributed by atoms with Gasteiger partial charge in [0.2, 0.25) is 5.88 Å². The fraction of sp³-hybridized carbons (Fsp3) is 0.105. The number of pyridine rings is 2. The highest BCUT2D eigenvalue weighted by Crippen LogP contribution is 2.12. The summed E-state index contributed by atoms with van der Waals surface area (Å²) in [4.78, 5) is 20.6. The predicted molar refractivity (Wildman–Crippen MR) is 91.9 cm³/mol. The average Bonchev–Trinajstić information content (AvgIpc) is 2.61. The van der Waals surface area contributed by atoms with Gasteiger partial charge in [-0.15, -0.1) is 0 Å². The van der Waals surface area contributed by atoms with Crippen molar-refractivity contribution in [3.05, 3.63) is 83.7 Å². The molecule has 0 radical (unpaired) electrons. The molecule has 0 saturated carbocycles. The average molecular weight is 319 g/mol. The van der Waals surface area contributed by atoms with Crippen LogP contribution in [0.4, 0.5) is 5.82 Å². The molecule has 0 spiro atoms. The van der Waals surface area contributed by atoms with E-state index in [4.69, 9.17) is 4.74 Å². The number of amides is 1. The van der Waals surface area contributed by atoms with Gasteiger partial charge in [-0.2, -0.15) is 0 Å². The molecule has 1 N–H and O–H groups in total. The van der Waals surface area contributed by atoms with Crippen molar-refractivity contribution in [1.29, 1.82) is 0 Å². The van der Waals surface area contributed by atoms with E-state index >= 15 is 0 Å². The summed E-state index contributed by atoms with van der Waals surface area (Å²) >= 11 is 0. The summed E-state index contributed by atoms with van der Waals surface area (Å²) in [5.41, 5.74) is 2.35. The van der Waals surface area contributed by atoms with Gasteiger partial charge in [-0.05, 0) is 30.7 Å². The molecule has 120 valence electrons. The van der Waals surface area contributed by atoms with Gasteiger partial charge in [0, 0.05) is 18.0 Å². The van der Waals surface area contributed by atoms with Crippen molar-refractivity contribution in [1.82, 2.24) is 9.97 Å². The van der Waals surface area contributed by atoms with Crippen LogP contribution in [0.3, 0.4) is 0 Å². The van der Waals surface area contributed by atoms with Gasteiger partial charge in [0.15, 0.2) is 0 Å². The smallest absolute Gasteiger partial charge is 0.258 e. The number of carbonyl (C=O) groups is 1. The Balaban J connectivity index is 1.60. The zero-order chi connectivity index (χ0) is 16.8. The van der Waals surface area contributed by atoms with Crippen molar-refractivity contribution >= 4 is 11.7 Å². The SMILES string of the molecule is Cc1cccc(NC(=O)c2ccc(OCc3ccccc3)nc2)n1. The quantitative estimate of drug-likeness (QED) is 0.780. The summed E-state index contributed by atoms with van der Waals surface area (Å²) in [6, 6.07) is 18.7. The van der Waals surface area contributed by atoms with Gasteiger partial charge in [0.05, 0.1) is 5.56 Å². The van der Waals surface area contributed by atoms with E-state index in [1.54, 1.807) is 18.2 Å². The first kappa shape index (κ1) is 15.7. The largest absolute Gasteiger partial charge is 0.473 e. The number of ether oxygens (including phenoxy) is 1. The fourth-order valence-corrected chi connectivity index (χ4v) is 2.13. The molecule has 0 saturated heterocycles. The molecule has 0 unspecified atom stereocenters. The highest BCUT2D eigenvalue weighted by molar-refractivity contribution is 6.03. The van der Waals surface area contributed by atoms with Gasteiger partial charge in [0.1, 0.15) is 12.4 Å². The number of nitrogens with zero attached hydrogens (tertiary/aromatic N) is 2. The van der Waals surface area contributed by atoms with E-state index in [2.05, 4.69) is 15.3 Å². The molecule has 0 aliphatic rings. The zero-order valence-electron chi connectivity index (χ0n) is 13.3. The highest BCUT2D eigenvalue weighted by atomic mass is 16.5. The van der Waals surface area contributed by atoms with Crippen LogP contribution in [0, 0.1) is 6.92 Å². The van der Waals surface area contributed by atoms with Crippen LogP contribution in [0.25, 0.3) is 0 Å². The van der Waals surface area contributed by atoms with E-state index in [9.17, 15) is 4.79 Å². The summed E-state index contributed by atoms with van der Waals surface area (Å²) in [6.07, 6.45) is 1.49. The molecule has 0 aliphatic carbocycles. The van der Waals surface area contributed by atoms with Crippen molar-refractivity contribution in [3.63, 3.8) is 0 Å². The highest BCUT2D eigenvalue weighted by Gasteiger charge is 2.08. The lowest BCUT2D eigenvalue weighted by atomic mass is 10.2. The molecule has 24 heavy (non-hydrogen) atoms. The Bertz CT molecular complexity index is 818. The van der Waals surface area contributed by atoms with Crippen molar-refractivity contribution in [3.8, 4) is 5.88 Å². The molecule has 1 amide bonds. The van der Waals surface area contributed by atoms with Crippen molar-refractivity contribution in [2.24, 2.45) is 0 Å². The van der Waals surface area contributed by atoms with Crippen LogP contribution < -0.4 is 10.1 Å². The molecule has 2 aromatic heterocycles. The van der Waals surface area contributed by atoms with Crippen molar-refractivity contribution in [2.45, 2.75) is 13.5 Å². The minimum Gasteiger partial charge on any atom is -0.473 e. The van der Waals surface area contributed by atoms with Gasteiger partial charge in [-0.3, -0.25) is 4.79 Å². The Morgan fingerprint density at radius 2 is 1.88 bits per heavy atom. The molecule has 5 heteroatoms. The maximum absolute atomic E-state index is 12.2. The predicted octanol–water partition coefficient (Wildman–Crippen LogP) is 3.62. The van der Waals surface area contributed by atoms with Gasteiger partial charge in [0.25, 0.3) is 5.91 Å². The second kappa shape index (κ2) is 7.37. The summed E-state index contributed by atoms with van der Waals surface area (Å²) in [7, 11) is 0. The molecule has 0 atom stereocenters. The number of hydrogen-bond donors (Lipinski definition) is 1. The molecular formula is C19H17N3O2. The maximum atomic E-state index is 12.2. The molecule has 3 aromatic rings. The molecule has 5 nitrogen and oxygen atoms in total. The third-order valence-electron chi connectivity index (χ3n) is 3.36. The number of aromatic nitrogens is 2. The Morgan fingerprint density at radius 1 is 1.04 bits per heavy atom. The second-order valence-corrected chi connectivity index (χ2v) is 5.28. The molecule has 0 bridgehead atoms. The minimum absolute atomic E-state index is 0.254. The first-order valence-corrected chi connectivity index (χ1v) is 7.58. The standard InChI is InChI=1S/C19H17N3O2/c1-14-6-5-9-17(21-14)22-19(23)16-10-11-18(20-12-16)24-13-15-7-3-2-4-8-15/h2-12H,13H2,1H3,(H,21,22,23). The lowest BCUT2D eigenvalue weighted by Crippen LogP contribution is -2.13. The van der Waals surface area contributed by atoms with Gasteiger partial charge < -0.3 is 10.1 Å². The number of carbonyl (C=O) groups excluding carboxylic acids is 1. The van der Waals surface area contributed by atoms with Crippen LogP contribution in [0.15, 0.2) is 66.9 Å². The van der Waals surface area contributed by atoms with Crippen LogP contribution in [0.1, 0.15) is 21.6 Å². The first-order chi connectivity index (χ1) is 11.7. The van der Waals surface area contributed by atoms with E-state index < -0.39 is 0 Å². The van der Waals surface area contributed by atoms with E-state index in [-0.39, 0.29) is 5.91 Å². The van der Waals surface area contributed by atoms with E-state index in [0.717, 1.165) is 11.3 Å². The van der Waals surface area contributed by atoms with Gasteiger partial charge >= 0.3 is 0 Å². The fourth-order valence-electron chi connectivity index (χ4n) is 2.13. The number of nitrogens with one attached hydrogen (secondary N) is 1. The van der Waals surface area contributed by atoms with Gasteiger partial charge in [-0.1, -0.05) is 36.4 Å². The van der Waals surface area contributed by atoms with Crippen LogP contribution in [0.5, 0.6) is 5.88 Å². The van der Waals surface area contributed by atoms with Crippen molar-refractivity contribution in [2.75, 3.05) is 5.32 Å². The van der Waals surface area contributed by atoms with Crippen LogP contribution in [-0.4, -0.2) is 15.9 Å². The van der Waals surface area contributed by atoms with E-state index in [1.807, 2.05) is 49.4 Å². The molecule has 3 rings (SSSR count). The Morgan fingerprint density at radius 3 is 2.58 bits per heavy atom. The molecule has 0 fully saturated rings. The Hall–Kier alpha value is -3.21. The number of aryl methyl sites for hydroxylation is 1. The van der Waals surface area contributed by atoms with E-state index in [0.29, 0.717) is 23.9 Å². The number of hydrogen-bond acceptors (Lipinski definition) is 4. The monoisotopic (exact) mass is 319 g/mol. The first-order valence-electron chi connectivity index (χ1n) is 7.58. The normalized spacial score (nSPS) is 10.2. The van der Waals surface area contributed by atoms with Crippen LogP contribution in [-0.2, 0) is 6.61 Å². The second-order valence-electron chi connectivity index (χ2n) is 5.28. The molecule has 0 aliphatic heterocycles. The van der Waals surface area contributed by atoms with E-state index in [1.165, 1.54) is 6.20 Å². The minimum atomic E-state index is -0.254. The zero-order valence-corrected chi connectivity index (χ0v) is 13.3. The number of benzene rings is 1. The maximum Gasteiger partial charge on any atom is 0.258 e. The lowest BCUT2D eigenvalue weighted by molar-refractivity contribution is 0.102. The number of anilines is 1. The third-order valence-corrected chi connectivity index (χ3v) is 3.36. The Kier molecular flexibility index (Phi) is 4.81. The third kappa shape index (κ3) is 4.16. The van der Waals surface area contributed by atoms with Crippen molar-refractivity contribution < 1.29 is 9.53 Å².